The van der Waals surface area contributed by atoms with Crippen LogP contribution in [0.25, 0.3) is 5.82 Å². The third-order valence-corrected chi connectivity index (χ3v) is 4.38. The monoisotopic (exact) mass is 377 g/mol. The van der Waals surface area contributed by atoms with Crippen LogP contribution in [0.4, 0.5) is 5.69 Å². The second kappa shape index (κ2) is 8.47. The van der Waals surface area contributed by atoms with Crippen LogP contribution in [0.5, 0.6) is 0 Å². The van der Waals surface area contributed by atoms with Crippen LogP contribution in [0.3, 0.4) is 0 Å². The number of hydrogen-bond acceptors (Lipinski definition) is 4. The Kier molecular flexibility index (Phi) is 5.84. The van der Waals surface area contributed by atoms with Crippen molar-refractivity contribution in [2.45, 2.75) is 26.8 Å². The zero-order valence-electron chi connectivity index (χ0n) is 16.1. The Morgan fingerprint density at radius 1 is 1.07 bits per heavy atom. The maximum absolute atomic E-state index is 12.7. The summed E-state index contributed by atoms with van der Waals surface area (Å²) in [7, 11) is 0. The number of carbonyl (C=O) groups excluding carboxylic acids is 2. The molecule has 2 aromatic heterocycles. The number of amides is 2. The molecule has 7 heteroatoms. The van der Waals surface area contributed by atoms with Crippen LogP contribution in [-0.2, 0) is 4.79 Å². The van der Waals surface area contributed by atoms with E-state index in [1.54, 1.807) is 47.5 Å². The van der Waals surface area contributed by atoms with Crippen molar-refractivity contribution in [1.82, 2.24) is 20.1 Å². The van der Waals surface area contributed by atoms with Gasteiger partial charge in [0.15, 0.2) is 5.82 Å². The van der Waals surface area contributed by atoms with E-state index in [4.69, 9.17) is 0 Å². The van der Waals surface area contributed by atoms with Gasteiger partial charge in [-0.25, -0.2) is 9.67 Å². The van der Waals surface area contributed by atoms with Crippen molar-refractivity contribution in [2.75, 3.05) is 5.32 Å². The normalized spacial score (nSPS) is 11.9. The van der Waals surface area contributed by atoms with E-state index < -0.39 is 6.04 Å². The molecule has 0 saturated heterocycles. The van der Waals surface area contributed by atoms with Gasteiger partial charge in [-0.05, 0) is 42.7 Å². The van der Waals surface area contributed by atoms with Crippen LogP contribution >= 0.6 is 0 Å². The number of benzene rings is 1. The van der Waals surface area contributed by atoms with E-state index in [0.717, 1.165) is 5.56 Å². The van der Waals surface area contributed by atoms with Crippen molar-refractivity contribution < 1.29 is 9.59 Å². The van der Waals surface area contributed by atoms with Gasteiger partial charge in [-0.1, -0.05) is 32.0 Å². The number of aromatic nitrogens is 3. The number of nitrogens with one attached hydrogen (secondary N) is 2. The van der Waals surface area contributed by atoms with Gasteiger partial charge in [-0.15, -0.1) is 0 Å². The van der Waals surface area contributed by atoms with Gasteiger partial charge in [0.25, 0.3) is 5.91 Å². The Hall–Kier alpha value is -3.48. The van der Waals surface area contributed by atoms with Gasteiger partial charge in [0.05, 0.1) is 11.9 Å². The second-order valence-electron chi connectivity index (χ2n) is 6.86. The van der Waals surface area contributed by atoms with E-state index in [1.807, 2.05) is 39.0 Å². The Labute approximate surface area is 163 Å². The molecule has 0 aliphatic heterocycles. The van der Waals surface area contributed by atoms with Crippen molar-refractivity contribution >= 4 is 17.5 Å². The topological polar surface area (TPSA) is 88.9 Å². The van der Waals surface area contributed by atoms with Crippen LogP contribution < -0.4 is 10.6 Å². The molecule has 3 aromatic rings. The van der Waals surface area contributed by atoms with E-state index in [9.17, 15) is 9.59 Å². The number of anilines is 1. The molecule has 1 unspecified atom stereocenters. The fourth-order valence-electron chi connectivity index (χ4n) is 2.80. The summed E-state index contributed by atoms with van der Waals surface area (Å²) in [6, 6.07) is 11.9. The molecule has 1 atom stereocenters. The molecule has 0 radical (unpaired) electrons. The SMILES string of the molecule is Cc1ccccc1C(=O)NC(C(=O)Nc1ccc(-n2cccn2)nc1)C(C)C. The summed E-state index contributed by atoms with van der Waals surface area (Å²) in [5.74, 6) is 0.0187. The lowest BCUT2D eigenvalue weighted by molar-refractivity contribution is -0.118. The summed E-state index contributed by atoms with van der Waals surface area (Å²) in [5.41, 5.74) is 1.98. The molecule has 1 aromatic carbocycles. The van der Waals surface area contributed by atoms with Crippen LogP contribution in [0, 0.1) is 12.8 Å². The molecular formula is C21H23N5O2. The highest BCUT2D eigenvalue weighted by molar-refractivity contribution is 6.01. The van der Waals surface area contributed by atoms with Gasteiger partial charge in [-0.3, -0.25) is 9.59 Å². The van der Waals surface area contributed by atoms with Gasteiger partial charge in [0, 0.05) is 18.0 Å². The smallest absolute Gasteiger partial charge is 0.252 e. The van der Waals surface area contributed by atoms with E-state index in [1.165, 1.54) is 0 Å². The minimum absolute atomic E-state index is 0.0794. The van der Waals surface area contributed by atoms with Crippen molar-refractivity contribution in [1.29, 1.82) is 0 Å². The summed E-state index contributed by atoms with van der Waals surface area (Å²) < 4.78 is 1.63. The maximum Gasteiger partial charge on any atom is 0.252 e. The molecule has 0 spiro atoms. The largest absolute Gasteiger partial charge is 0.340 e. The van der Waals surface area contributed by atoms with Gasteiger partial charge >= 0.3 is 0 Å². The Morgan fingerprint density at radius 3 is 2.46 bits per heavy atom. The van der Waals surface area contributed by atoms with Crippen molar-refractivity contribution in [2.24, 2.45) is 5.92 Å². The first-order chi connectivity index (χ1) is 13.5. The summed E-state index contributed by atoms with van der Waals surface area (Å²) in [6.45, 7) is 5.65. The highest BCUT2D eigenvalue weighted by Crippen LogP contribution is 2.13. The first-order valence-electron chi connectivity index (χ1n) is 9.09. The molecule has 2 N–H and O–H groups in total. The van der Waals surface area contributed by atoms with Crippen molar-refractivity contribution in [3.05, 3.63) is 72.2 Å². The third-order valence-electron chi connectivity index (χ3n) is 4.38. The minimum atomic E-state index is -0.669. The molecule has 2 heterocycles. The molecule has 0 fully saturated rings. The average Bonchev–Trinajstić information content (AvgIpc) is 3.21. The zero-order chi connectivity index (χ0) is 20.1. The molecule has 3 rings (SSSR count). The third kappa shape index (κ3) is 4.43. The number of aryl methyl sites for hydroxylation is 1. The van der Waals surface area contributed by atoms with Crippen LogP contribution in [0.15, 0.2) is 61.1 Å². The van der Waals surface area contributed by atoms with Crippen LogP contribution in [0.2, 0.25) is 0 Å². The van der Waals surface area contributed by atoms with Gasteiger partial charge in [0.2, 0.25) is 5.91 Å². The van der Waals surface area contributed by atoms with Crippen LogP contribution in [-0.4, -0.2) is 32.6 Å². The molecule has 0 saturated carbocycles. The number of hydrogen-bond donors (Lipinski definition) is 2. The molecule has 0 bridgehead atoms. The molecule has 144 valence electrons. The second-order valence-corrected chi connectivity index (χ2v) is 6.86. The van der Waals surface area contributed by atoms with E-state index in [0.29, 0.717) is 17.1 Å². The predicted molar refractivity (Wildman–Crippen MR) is 107 cm³/mol. The lowest BCUT2D eigenvalue weighted by atomic mass is 10.0. The Morgan fingerprint density at radius 2 is 1.86 bits per heavy atom. The van der Waals surface area contributed by atoms with Crippen molar-refractivity contribution in [3.63, 3.8) is 0 Å². The fraction of sp³-hybridized carbons (Fsp3) is 0.238. The Balaban J connectivity index is 1.69. The van der Waals surface area contributed by atoms with Crippen LogP contribution in [0.1, 0.15) is 29.8 Å². The fourth-order valence-corrected chi connectivity index (χ4v) is 2.80. The predicted octanol–water partition coefficient (Wildman–Crippen LogP) is 2.97. The summed E-state index contributed by atoms with van der Waals surface area (Å²) in [6.07, 6.45) is 5.02. The first-order valence-corrected chi connectivity index (χ1v) is 9.09. The lowest BCUT2D eigenvalue weighted by Gasteiger charge is -2.22. The standard InChI is InChI=1S/C21H23N5O2/c1-14(2)19(25-20(27)17-8-5-4-7-15(17)3)21(28)24-16-9-10-18(22-13-16)26-12-6-11-23-26/h4-14,19H,1-3H3,(H,24,28)(H,25,27). The van der Waals surface area contributed by atoms with Gasteiger partial charge in [0.1, 0.15) is 6.04 Å². The molecule has 28 heavy (non-hydrogen) atoms. The molecule has 7 nitrogen and oxygen atoms in total. The van der Waals surface area contributed by atoms with E-state index >= 15 is 0 Å². The first kappa shape index (κ1) is 19.3. The lowest BCUT2D eigenvalue weighted by Crippen LogP contribution is -2.47. The van der Waals surface area contributed by atoms with E-state index in [-0.39, 0.29) is 17.7 Å². The van der Waals surface area contributed by atoms with Gasteiger partial charge < -0.3 is 10.6 Å². The van der Waals surface area contributed by atoms with E-state index in [2.05, 4.69) is 20.7 Å². The molecule has 0 aliphatic carbocycles. The number of carbonyl (C=O) groups is 2. The average molecular weight is 377 g/mol. The number of rotatable bonds is 6. The quantitative estimate of drug-likeness (QED) is 0.691. The molecule has 0 aliphatic rings. The van der Waals surface area contributed by atoms with Gasteiger partial charge in [-0.2, -0.15) is 5.10 Å². The number of nitrogens with zero attached hydrogens (tertiary/aromatic N) is 3. The highest BCUT2D eigenvalue weighted by Gasteiger charge is 2.25. The maximum atomic E-state index is 12.7. The van der Waals surface area contributed by atoms with Crippen molar-refractivity contribution in [3.8, 4) is 5.82 Å². The number of pyridine rings is 1. The summed E-state index contributed by atoms with van der Waals surface area (Å²) in [5, 5.41) is 9.78. The minimum Gasteiger partial charge on any atom is -0.340 e. The molecule has 2 amide bonds. The summed E-state index contributed by atoms with van der Waals surface area (Å²) >= 11 is 0. The molecular weight excluding hydrogens is 354 g/mol. The summed E-state index contributed by atoms with van der Waals surface area (Å²) in [4.78, 5) is 29.6. The zero-order valence-corrected chi connectivity index (χ0v) is 16.1. The Bertz CT molecular complexity index is 949. The highest BCUT2D eigenvalue weighted by atomic mass is 16.2.